The van der Waals surface area contributed by atoms with Crippen molar-refractivity contribution in [2.75, 3.05) is 20.7 Å². The van der Waals surface area contributed by atoms with E-state index < -0.39 is 5.54 Å². The molecule has 1 amide bonds. The van der Waals surface area contributed by atoms with Gasteiger partial charge < -0.3 is 10.4 Å². The summed E-state index contributed by atoms with van der Waals surface area (Å²) in [7, 11) is 3.82. The molecule has 0 aliphatic heterocycles. The van der Waals surface area contributed by atoms with Crippen molar-refractivity contribution < 1.29 is 9.90 Å². The van der Waals surface area contributed by atoms with E-state index in [2.05, 4.69) is 5.32 Å². The molecule has 0 bridgehead atoms. The number of carbonyl (C=O) groups is 1. The summed E-state index contributed by atoms with van der Waals surface area (Å²) in [6, 6.07) is 7.71. The highest BCUT2D eigenvalue weighted by Gasteiger charge is 2.37. The Morgan fingerprint density at radius 3 is 2.57 bits per heavy atom. The van der Waals surface area contributed by atoms with Gasteiger partial charge in [0, 0.05) is 0 Å². The van der Waals surface area contributed by atoms with Gasteiger partial charge in [0.25, 0.3) is 0 Å². The number of nitrogens with zero attached hydrogens (tertiary/aromatic N) is 1. The van der Waals surface area contributed by atoms with Crippen LogP contribution in [-0.2, 0) is 4.79 Å². The second-order valence-electron chi connectivity index (χ2n) is 6.42. The number of amides is 1. The zero-order chi connectivity index (χ0) is 15.5. The number of nitrogens with one attached hydrogen (secondary N) is 1. The van der Waals surface area contributed by atoms with Gasteiger partial charge in [-0.25, -0.2) is 0 Å². The number of aliphatic hydroxyl groups is 1. The van der Waals surface area contributed by atoms with Gasteiger partial charge in [0.05, 0.1) is 12.1 Å². The second-order valence-corrected chi connectivity index (χ2v) is 6.42. The molecular formula is C17H26N2O2. The third-order valence-electron chi connectivity index (χ3n) is 4.37. The molecule has 21 heavy (non-hydrogen) atoms. The number of aliphatic hydroxyl groups excluding tert-OH is 1. The predicted octanol–water partition coefficient (Wildman–Crippen LogP) is 2.02. The fourth-order valence-corrected chi connectivity index (χ4v) is 3.23. The van der Waals surface area contributed by atoms with Gasteiger partial charge >= 0.3 is 0 Å². The molecule has 1 aliphatic rings. The van der Waals surface area contributed by atoms with E-state index in [0.29, 0.717) is 0 Å². The SMILES string of the molecule is Cc1cccc([C@H](C(=O)NC2(CO)CCCC2)N(C)C)c1. The van der Waals surface area contributed by atoms with Gasteiger partial charge in [-0.1, -0.05) is 42.7 Å². The van der Waals surface area contributed by atoms with Gasteiger partial charge in [-0.2, -0.15) is 0 Å². The molecule has 0 aromatic heterocycles. The minimum Gasteiger partial charge on any atom is -0.394 e. The van der Waals surface area contributed by atoms with Crippen LogP contribution in [-0.4, -0.2) is 42.2 Å². The van der Waals surface area contributed by atoms with E-state index in [1.165, 1.54) is 0 Å². The molecule has 1 saturated carbocycles. The number of benzene rings is 1. The number of carbonyl (C=O) groups excluding carboxylic acids is 1. The fourth-order valence-electron chi connectivity index (χ4n) is 3.23. The minimum absolute atomic E-state index is 0.0205. The first-order valence-corrected chi connectivity index (χ1v) is 7.63. The number of aryl methyl sites for hydroxylation is 1. The average molecular weight is 290 g/mol. The van der Waals surface area contributed by atoms with Crippen LogP contribution in [0.2, 0.25) is 0 Å². The summed E-state index contributed by atoms with van der Waals surface area (Å²) in [6.45, 7) is 2.05. The maximum atomic E-state index is 12.8. The highest BCUT2D eigenvalue weighted by atomic mass is 16.3. The molecule has 116 valence electrons. The summed E-state index contributed by atoms with van der Waals surface area (Å²) >= 11 is 0. The molecule has 0 spiro atoms. The molecule has 1 aromatic carbocycles. The summed E-state index contributed by atoms with van der Waals surface area (Å²) in [5, 5.41) is 12.8. The van der Waals surface area contributed by atoms with Gasteiger partial charge in [0.1, 0.15) is 6.04 Å². The lowest BCUT2D eigenvalue weighted by Crippen LogP contribution is -2.52. The third-order valence-corrected chi connectivity index (χ3v) is 4.37. The summed E-state index contributed by atoms with van der Waals surface area (Å²) < 4.78 is 0. The lowest BCUT2D eigenvalue weighted by molar-refractivity contribution is -0.128. The molecule has 1 fully saturated rings. The number of likely N-dealkylation sites (N-methyl/N-ethyl adjacent to an activating group) is 1. The maximum absolute atomic E-state index is 12.8. The van der Waals surface area contributed by atoms with Crippen LogP contribution in [0.1, 0.15) is 42.9 Å². The topological polar surface area (TPSA) is 52.6 Å². The summed E-state index contributed by atoms with van der Waals surface area (Å²) in [5.41, 5.74) is 1.71. The Balaban J connectivity index is 2.20. The fraction of sp³-hybridized carbons (Fsp3) is 0.588. The predicted molar refractivity (Wildman–Crippen MR) is 84.0 cm³/mol. The van der Waals surface area contributed by atoms with Crippen LogP contribution < -0.4 is 5.32 Å². The Morgan fingerprint density at radius 1 is 1.38 bits per heavy atom. The van der Waals surface area contributed by atoms with E-state index in [1.54, 1.807) is 0 Å². The van der Waals surface area contributed by atoms with Crippen LogP contribution in [0.4, 0.5) is 0 Å². The Hall–Kier alpha value is -1.39. The van der Waals surface area contributed by atoms with Crippen LogP contribution in [0.3, 0.4) is 0 Å². The van der Waals surface area contributed by atoms with E-state index in [-0.39, 0.29) is 18.6 Å². The van der Waals surface area contributed by atoms with Crippen molar-refractivity contribution in [3.8, 4) is 0 Å². The Morgan fingerprint density at radius 2 is 2.05 bits per heavy atom. The standard InChI is InChI=1S/C17H26N2O2/c1-13-7-6-8-14(11-13)15(19(2)3)16(21)18-17(12-20)9-4-5-10-17/h6-8,11,15,20H,4-5,9-10,12H2,1-3H3,(H,18,21)/t15-/m1/s1. The molecular weight excluding hydrogens is 264 g/mol. The van der Waals surface area contributed by atoms with Gasteiger partial charge in [0.2, 0.25) is 5.91 Å². The zero-order valence-corrected chi connectivity index (χ0v) is 13.2. The number of hydrogen-bond donors (Lipinski definition) is 2. The van der Waals surface area contributed by atoms with Crippen LogP contribution >= 0.6 is 0 Å². The quantitative estimate of drug-likeness (QED) is 0.872. The maximum Gasteiger partial charge on any atom is 0.242 e. The van der Waals surface area contributed by atoms with Crippen LogP contribution in [0.5, 0.6) is 0 Å². The Labute approximate surface area is 127 Å². The molecule has 4 nitrogen and oxygen atoms in total. The van der Waals surface area contributed by atoms with Crippen molar-refractivity contribution in [2.24, 2.45) is 0 Å². The van der Waals surface area contributed by atoms with E-state index in [1.807, 2.05) is 50.2 Å². The Kier molecular flexibility index (Phi) is 5.01. The lowest BCUT2D eigenvalue weighted by Gasteiger charge is -2.32. The van der Waals surface area contributed by atoms with Gasteiger partial charge in [-0.05, 0) is 39.4 Å². The van der Waals surface area contributed by atoms with Crippen molar-refractivity contribution >= 4 is 5.91 Å². The first-order chi connectivity index (χ1) is 9.97. The highest BCUT2D eigenvalue weighted by molar-refractivity contribution is 5.84. The van der Waals surface area contributed by atoms with Crippen molar-refractivity contribution in [1.82, 2.24) is 10.2 Å². The molecule has 1 aromatic rings. The smallest absolute Gasteiger partial charge is 0.242 e. The first kappa shape index (κ1) is 16.0. The molecule has 2 rings (SSSR count). The minimum atomic E-state index is -0.421. The van der Waals surface area contributed by atoms with E-state index in [4.69, 9.17) is 0 Å². The number of hydrogen-bond acceptors (Lipinski definition) is 3. The zero-order valence-electron chi connectivity index (χ0n) is 13.2. The number of rotatable bonds is 5. The average Bonchev–Trinajstić information content (AvgIpc) is 2.87. The third kappa shape index (κ3) is 3.63. The lowest BCUT2D eigenvalue weighted by atomic mass is 9.96. The molecule has 0 unspecified atom stereocenters. The Bertz CT molecular complexity index is 493. The summed E-state index contributed by atoms with van der Waals surface area (Å²) in [5.74, 6) is -0.0263. The molecule has 1 atom stereocenters. The molecule has 0 radical (unpaired) electrons. The largest absolute Gasteiger partial charge is 0.394 e. The highest BCUT2D eigenvalue weighted by Crippen LogP contribution is 2.30. The van der Waals surface area contributed by atoms with Crippen LogP contribution in [0.25, 0.3) is 0 Å². The first-order valence-electron chi connectivity index (χ1n) is 7.63. The van der Waals surface area contributed by atoms with E-state index in [0.717, 1.165) is 36.8 Å². The second kappa shape index (κ2) is 6.58. The summed E-state index contributed by atoms with van der Waals surface area (Å²) in [6.07, 6.45) is 3.86. The van der Waals surface area contributed by atoms with Crippen molar-refractivity contribution in [2.45, 2.75) is 44.2 Å². The molecule has 2 N–H and O–H groups in total. The van der Waals surface area contributed by atoms with Gasteiger partial charge in [-0.3, -0.25) is 9.69 Å². The summed E-state index contributed by atoms with van der Waals surface area (Å²) in [4.78, 5) is 14.7. The van der Waals surface area contributed by atoms with Crippen LogP contribution in [0, 0.1) is 6.92 Å². The van der Waals surface area contributed by atoms with E-state index in [9.17, 15) is 9.90 Å². The normalized spacial score (nSPS) is 18.7. The molecule has 1 aliphatic carbocycles. The monoisotopic (exact) mass is 290 g/mol. The van der Waals surface area contributed by atoms with Gasteiger partial charge in [-0.15, -0.1) is 0 Å². The van der Waals surface area contributed by atoms with Crippen molar-refractivity contribution in [3.05, 3.63) is 35.4 Å². The molecule has 0 heterocycles. The molecule has 4 heteroatoms. The van der Waals surface area contributed by atoms with Crippen LogP contribution in [0.15, 0.2) is 24.3 Å². The van der Waals surface area contributed by atoms with Crippen molar-refractivity contribution in [1.29, 1.82) is 0 Å². The van der Waals surface area contributed by atoms with Crippen molar-refractivity contribution in [3.63, 3.8) is 0 Å². The molecule has 0 saturated heterocycles. The van der Waals surface area contributed by atoms with E-state index >= 15 is 0 Å². The van der Waals surface area contributed by atoms with Gasteiger partial charge in [0.15, 0.2) is 0 Å².